The van der Waals surface area contributed by atoms with Crippen LogP contribution in [0.5, 0.6) is 11.5 Å². The fourth-order valence-electron chi connectivity index (χ4n) is 1.23. The Balaban J connectivity index is 2.10. The van der Waals surface area contributed by atoms with Crippen LogP contribution in [-0.4, -0.2) is 15.2 Å². The molecule has 0 saturated carbocycles. The van der Waals surface area contributed by atoms with E-state index >= 15 is 0 Å². The number of rotatable bonds is 0. The van der Waals surface area contributed by atoms with Crippen molar-refractivity contribution in [3.05, 3.63) is 24.3 Å². The van der Waals surface area contributed by atoms with E-state index < -0.39 is 15.2 Å². The van der Waals surface area contributed by atoms with Crippen molar-refractivity contribution < 1.29 is 9.31 Å². The van der Waals surface area contributed by atoms with Gasteiger partial charge < -0.3 is 9.31 Å². The third-order valence-corrected chi connectivity index (χ3v) is 2.78. The van der Waals surface area contributed by atoms with Crippen LogP contribution in [0.2, 0.25) is 19.6 Å². The molecule has 2 nitrogen and oxygen atoms in total. The van der Waals surface area contributed by atoms with Gasteiger partial charge in [0.15, 0.2) is 0 Å². The van der Waals surface area contributed by atoms with Crippen LogP contribution in [0.3, 0.4) is 0 Å². The van der Waals surface area contributed by atoms with Crippen molar-refractivity contribution in [2.24, 2.45) is 0 Å². The van der Waals surface area contributed by atoms with Gasteiger partial charge in [0, 0.05) is 0 Å². The SMILES string of the molecule is C[Si](C)(C)C#CB1Oc2ccccc2O1. The summed E-state index contributed by atoms with van der Waals surface area (Å²) in [6, 6.07) is 7.64. The maximum atomic E-state index is 5.53. The largest absolute Gasteiger partial charge is 0.689 e. The van der Waals surface area contributed by atoms with Gasteiger partial charge >= 0.3 is 7.12 Å². The fraction of sp³-hybridized carbons (Fsp3) is 0.273. The molecule has 76 valence electrons. The molecule has 0 saturated heterocycles. The van der Waals surface area contributed by atoms with Crippen molar-refractivity contribution in [3.8, 4) is 22.9 Å². The second kappa shape index (κ2) is 3.67. The molecule has 0 spiro atoms. The Kier molecular flexibility index (Phi) is 2.49. The highest BCUT2D eigenvalue weighted by Gasteiger charge is 2.30. The lowest BCUT2D eigenvalue weighted by atomic mass is 9.94. The molecule has 0 unspecified atom stereocenters. The molecule has 0 amide bonds. The number of fused-ring (bicyclic) bond motifs is 1. The Morgan fingerprint density at radius 2 is 1.60 bits per heavy atom. The highest BCUT2D eigenvalue weighted by atomic mass is 28.3. The number of benzene rings is 1. The predicted octanol–water partition coefficient (Wildman–Crippen LogP) is 2.37. The molecule has 0 bridgehead atoms. The summed E-state index contributed by atoms with van der Waals surface area (Å²) in [5, 5.41) is 0. The van der Waals surface area contributed by atoms with Crippen LogP contribution < -0.4 is 9.31 Å². The van der Waals surface area contributed by atoms with Crippen molar-refractivity contribution >= 4 is 15.2 Å². The summed E-state index contributed by atoms with van der Waals surface area (Å²) in [4.78, 5) is 0. The summed E-state index contributed by atoms with van der Waals surface area (Å²) < 4.78 is 11.1. The van der Waals surface area contributed by atoms with E-state index in [1.807, 2.05) is 24.3 Å². The minimum atomic E-state index is -1.35. The molecule has 1 aliphatic heterocycles. The molecule has 0 fully saturated rings. The molecule has 1 aromatic carbocycles. The van der Waals surface area contributed by atoms with Crippen molar-refractivity contribution in [1.29, 1.82) is 0 Å². The Hall–Kier alpha value is -1.34. The summed E-state index contributed by atoms with van der Waals surface area (Å²) in [6.45, 7) is 6.59. The molecule has 2 rings (SSSR count). The fourth-order valence-corrected chi connectivity index (χ4v) is 1.78. The van der Waals surface area contributed by atoms with Crippen molar-refractivity contribution in [2.45, 2.75) is 19.6 Å². The molecule has 1 heterocycles. The van der Waals surface area contributed by atoms with Crippen molar-refractivity contribution in [1.82, 2.24) is 0 Å². The molecular formula is C11H13BO2Si. The van der Waals surface area contributed by atoms with Gasteiger partial charge in [-0.1, -0.05) is 37.6 Å². The monoisotopic (exact) mass is 216 g/mol. The van der Waals surface area contributed by atoms with Crippen LogP contribution >= 0.6 is 0 Å². The lowest BCUT2D eigenvalue weighted by Gasteiger charge is -2.03. The average Bonchev–Trinajstić information content (AvgIpc) is 2.56. The average molecular weight is 216 g/mol. The first-order chi connectivity index (χ1) is 7.04. The predicted molar refractivity (Wildman–Crippen MR) is 64.6 cm³/mol. The zero-order valence-corrected chi connectivity index (χ0v) is 10.2. The first-order valence-corrected chi connectivity index (χ1v) is 8.50. The van der Waals surface area contributed by atoms with E-state index in [2.05, 4.69) is 31.0 Å². The van der Waals surface area contributed by atoms with Crippen LogP contribution in [0, 0.1) is 11.4 Å². The molecular weight excluding hydrogens is 203 g/mol. The normalized spacial score (nSPS) is 13.4. The summed E-state index contributed by atoms with van der Waals surface area (Å²) in [7, 11) is -1.77. The van der Waals surface area contributed by atoms with Crippen LogP contribution in [0.1, 0.15) is 0 Å². The third-order valence-electron chi connectivity index (χ3n) is 1.88. The Labute approximate surface area is 91.8 Å². The first kappa shape index (κ1) is 10.2. The van der Waals surface area contributed by atoms with Gasteiger partial charge in [0.25, 0.3) is 0 Å². The Bertz CT molecular complexity index is 403. The topological polar surface area (TPSA) is 18.5 Å². The van der Waals surface area contributed by atoms with E-state index in [9.17, 15) is 0 Å². The number of hydrogen-bond acceptors (Lipinski definition) is 2. The van der Waals surface area contributed by atoms with E-state index in [0.29, 0.717) is 0 Å². The summed E-state index contributed by atoms with van der Waals surface area (Å²) in [5.74, 6) is 4.60. The summed E-state index contributed by atoms with van der Waals surface area (Å²) in [6.07, 6.45) is 0. The van der Waals surface area contributed by atoms with E-state index in [-0.39, 0.29) is 0 Å². The molecule has 0 atom stereocenters. The van der Waals surface area contributed by atoms with Gasteiger partial charge in [0.05, 0.1) is 0 Å². The molecule has 0 aliphatic carbocycles. The minimum absolute atomic E-state index is 0.422. The second-order valence-corrected chi connectivity index (χ2v) is 9.28. The van der Waals surface area contributed by atoms with Gasteiger partial charge in [0.2, 0.25) is 0 Å². The van der Waals surface area contributed by atoms with E-state index in [4.69, 9.17) is 9.31 Å². The zero-order valence-electron chi connectivity index (χ0n) is 9.20. The van der Waals surface area contributed by atoms with Gasteiger partial charge in [-0.2, -0.15) is 0 Å². The van der Waals surface area contributed by atoms with E-state index in [1.54, 1.807) is 0 Å². The van der Waals surface area contributed by atoms with Gasteiger partial charge in [-0.15, -0.1) is 5.54 Å². The maximum absolute atomic E-state index is 5.53. The summed E-state index contributed by atoms with van der Waals surface area (Å²) in [5.41, 5.74) is 3.24. The highest BCUT2D eigenvalue weighted by Crippen LogP contribution is 2.32. The molecule has 4 heteroatoms. The standard InChI is InChI=1S/C11H13BO2Si/c1-15(2,3)9-8-12-13-10-6-4-5-7-11(10)14-12/h4-7H,1-3H3. The number of para-hydroxylation sites is 2. The molecule has 1 aromatic rings. The van der Waals surface area contributed by atoms with Gasteiger partial charge in [-0.05, 0) is 12.1 Å². The Morgan fingerprint density at radius 1 is 1.07 bits per heavy atom. The van der Waals surface area contributed by atoms with Crippen molar-refractivity contribution in [2.75, 3.05) is 0 Å². The summed E-state index contributed by atoms with van der Waals surface area (Å²) >= 11 is 0. The second-order valence-electron chi connectivity index (χ2n) is 4.53. The lowest BCUT2D eigenvalue weighted by Crippen LogP contribution is -2.25. The van der Waals surface area contributed by atoms with Gasteiger partial charge in [-0.3, -0.25) is 0 Å². The van der Waals surface area contributed by atoms with E-state index in [0.717, 1.165) is 11.5 Å². The van der Waals surface area contributed by atoms with E-state index in [1.165, 1.54) is 0 Å². The molecule has 15 heavy (non-hydrogen) atoms. The Morgan fingerprint density at radius 3 is 2.07 bits per heavy atom. The quantitative estimate of drug-likeness (QED) is 0.489. The van der Waals surface area contributed by atoms with Gasteiger partial charge in [0.1, 0.15) is 19.6 Å². The van der Waals surface area contributed by atoms with Crippen LogP contribution in [-0.2, 0) is 0 Å². The number of hydrogen-bond donors (Lipinski definition) is 0. The highest BCUT2D eigenvalue weighted by molar-refractivity contribution is 6.84. The molecule has 0 aromatic heterocycles. The van der Waals surface area contributed by atoms with Crippen molar-refractivity contribution in [3.63, 3.8) is 0 Å². The molecule has 0 N–H and O–H groups in total. The minimum Gasteiger partial charge on any atom is -0.512 e. The van der Waals surface area contributed by atoms with Crippen LogP contribution in [0.25, 0.3) is 0 Å². The molecule has 0 radical (unpaired) electrons. The third kappa shape index (κ3) is 2.57. The first-order valence-electron chi connectivity index (χ1n) is 5.00. The van der Waals surface area contributed by atoms with Gasteiger partial charge in [-0.25, -0.2) is 0 Å². The van der Waals surface area contributed by atoms with Crippen LogP contribution in [0.4, 0.5) is 0 Å². The smallest absolute Gasteiger partial charge is 0.512 e. The van der Waals surface area contributed by atoms with Crippen LogP contribution in [0.15, 0.2) is 24.3 Å². The zero-order chi connectivity index (χ0) is 10.9. The molecule has 1 aliphatic rings. The maximum Gasteiger partial charge on any atom is 0.689 e. The lowest BCUT2D eigenvalue weighted by molar-refractivity contribution is 0.520.